The number of phenolic OH excluding ortho intramolecular Hbond substituents is 1. The maximum atomic E-state index is 9.66. The molecule has 1 aromatic carbocycles. The monoisotopic (exact) mass is 214 g/mol. The Kier molecular flexibility index (Phi) is 3.17. The van der Waals surface area contributed by atoms with Crippen molar-refractivity contribution in [3.63, 3.8) is 0 Å². The number of para-hydroxylation sites is 1. The predicted octanol–water partition coefficient (Wildman–Crippen LogP) is 2.03. The Morgan fingerprint density at radius 1 is 1.12 bits per heavy atom. The minimum absolute atomic E-state index is 0.226. The van der Waals surface area contributed by atoms with Crippen LogP contribution in [0.4, 0.5) is 0 Å². The number of nitrogens with zero attached hydrogens (tertiary/aromatic N) is 1. The van der Waals surface area contributed by atoms with Crippen LogP contribution in [0.25, 0.3) is 0 Å². The number of benzene rings is 1. The number of aromatic nitrogens is 1. The van der Waals surface area contributed by atoms with Crippen LogP contribution in [-0.4, -0.2) is 10.1 Å². The summed E-state index contributed by atoms with van der Waals surface area (Å²) in [6.45, 7) is 0. The lowest BCUT2D eigenvalue weighted by atomic mass is 10.0. The smallest absolute Gasteiger partial charge is 0.120 e. The standard InChI is InChI=1S/C13H14N2O/c14-12(9-10-5-3-4-8-15-10)11-6-1-2-7-13(11)16/h1-8,12,16H,9,14H2. The molecule has 2 aromatic rings. The van der Waals surface area contributed by atoms with E-state index in [-0.39, 0.29) is 11.8 Å². The van der Waals surface area contributed by atoms with Gasteiger partial charge in [-0.3, -0.25) is 4.98 Å². The first kappa shape index (κ1) is 10.6. The van der Waals surface area contributed by atoms with Crippen LogP contribution < -0.4 is 5.73 Å². The minimum Gasteiger partial charge on any atom is -0.508 e. The second-order valence-corrected chi connectivity index (χ2v) is 3.69. The number of pyridine rings is 1. The maximum absolute atomic E-state index is 9.66. The average molecular weight is 214 g/mol. The van der Waals surface area contributed by atoms with E-state index in [1.165, 1.54) is 0 Å². The molecule has 0 spiro atoms. The lowest BCUT2D eigenvalue weighted by Crippen LogP contribution is -2.14. The van der Waals surface area contributed by atoms with Crippen molar-refractivity contribution >= 4 is 0 Å². The Bertz CT molecular complexity index is 456. The molecule has 0 saturated carbocycles. The van der Waals surface area contributed by atoms with Gasteiger partial charge in [0.2, 0.25) is 0 Å². The minimum atomic E-state index is -0.226. The largest absolute Gasteiger partial charge is 0.508 e. The SMILES string of the molecule is NC(Cc1ccccn1)c1ccccc1O. The quantitative estimate of drug-likeness (QED) is 0.821. The highest BCUT2D eigenvalue weighted by atomic mass is 16.3. The zero-order valence-electron chi connectivity index (χ0n) is 8.88. The van der Waals surface area contributed by atoms with Crippen molar-refractivity contribution in [2.24, 2.45) is 5.73 Å². The van der Waals surface area contributed by atoms with Crippen molar-refractivity contribution in [2.75, 3.05) is 0 Å². The Morgan fingerprint density at radius 2 is 1.88 bits per heavy atom. The predicted molar refractivity (Wildman–Crippen MR) is 63.0 cm³/mol. The fourth-order valence-corrected chi connectivity index (χ4v) is 1.66. The number of nitrogens with two attached hydrogens (primary N) is 1. The van der Waals surface area contributed by atoms with Crippen LogP contribution in [0.2, 0.25) is 0 Å². The fraction of sp³-hybridized carbons (Fsp3) is 0.154. The van der Waals surface area contributed by atoms with E-state index in [4.69, 9.17) is 5.73 Å². The Balaban J connectivity index is 2.15. The summed E-state index contributed by atoms with van der Waals surface area (Å²) in [5.41, 5.74) is 7.71. The van der Waals surface area contributed by atoms with Crippen molar-refractivity contribution < 1.29 is 5.11 Å². The molecule has 0 aliphatic carbocycles. The third kappa shape index (κ3) is 2.38. The highest BCUT2D eigenvalue weighted by molar-refractivity contribution is 5.34. The Hall–Kier alpha value is -1.87. The first-order valence-corrected chi connectivity index (χ1v) is 5.21. The van der Waals surface area contributed by atoms with Crippen molar-refractivity contribution in [3.05, 3.63) is 59.9 Å². The van der Waals surface area contributed by atoms with Gasteiger partial charge in [0.25, 0.3) is 0 Å². The first-order valence-electron chi connectivity index (χ1n) is 5.21. The molecule has 0 aliphatic heterocycles. The van der Waals surface area contributed by atoms with Crippen LogP contribution in [0.3, 0.4) is 0 Å². The first-order chi connectivity index (χ1) is 7.77. The number of phenols is 1. The van der Waals surface area contributed by atoms with E-state index in [0.29, 0.717) is 6.42 Å². The highest BCUT2D eigenvalue weighted by Crippen LogP contribution is 2.23. The van der Waals surface area contributed by atoms with Crippen LogP contribution in [0.1, 0.15) is 17.3 Å². The summed E-state index contributed by atoms with van der Waals surface area (Å²) < 4.78 is 0. The van der Waals surface area contributed by atoms with Gasteiger partial charge in [-0.2, -0.15) is 0 Å². The molecule has 1 atom stereocenters. The van der Waals surface area contributed by atoms with Gasteiger partial charge in [0, 0.05) is 29.9 Å². The summed E-state index contributed by atoms with van der Waals surface area (Å²) in [7, 11) is 0. The highest BCUT2D eigenvalue weighted by Gasteiger charge is 2.11. The zero-order chi connectivity index (χ0) is 11.4. The molecule has 2 rings (SSSR count). The summed E-state index contributed by atoms with van der Waals surface area (Å²) in [5, 5.41) is 9.66. The van der Waals surface area contributed by atoms with Gasteiger partial charge in [-0.1, -0.05) is 24.3 Å². The molecule has 0 fully saturated rings. The third-order valence-corrected chi connectivity index (χ3v) is 2.49. The molecule has 1 heterocycles. The van der Waals surface area contributed by atoms with Crippen LogP contribution in [0, 0.1) is 0 Å². The second-order valence-electron chi connectivity index (χ2n) is 3.69. The average Bonchev–Trinajstić information content (AvgIpc) is 2.31. The van der Waals surface area contributed by atoms with Crippen molar-refractivity contribution in [2.45, 2.75) is 12.5 Å². The lowest BCUT2D eigenvalue weighted by Gasteiger charge is -2.12. The van der Waals surface area contributed by atoms with Crippen molar-refractivity contribution in [1.82, 2.24) is 4.98 Å². The van der Waals surface area contributed by atoms with E-state index in [9.17, 15) is 5.11 Å². The molecule has 3 nitrogen and oxygen atoms in total. The second kappa shape index (κ2) is 4.77. The Labute approximate surface area is 94.6 Å². The molecular formula is C13H14N2O. The van der Waals surface area contributed by atoms with E-state index in [1.807, 2.05) is 30.3 Å². The van der Waals surface area contributed by atoms with Crippen LogP contribution in [0.5, 0.6) is 5.75 Å². The normalized spacial score (nSPS) is 12.3. The number of hydrogen-bond acceptors (Lipinski definition) is 3. The van der Waals surface area contributed by atoms with Gasteiger partial charge < -0.3 is 10.8 Å². The molecule has 3 N–H and O–H groups in total. The van der Waals surface area contributed by atoms with E-state index in [0.717, 1.165) is 11.3 Å². The molecule has 0 bridgehead atoms. The molecule has 1 unspecified atom stereocenters. The molecule has 0 aliphatic rings. The van der Waals surface area contributed by atoms with Gasteiger partial charge >= 0.3 is 0 Å². The van der Waals surface area contributed by atoms with Crippen LogP contribution >= 0.6 is 0 Å². The summed E-state index contributed by atoms with van der Waals surface area (Å²) >= 11 is 0. The summed E-state index contributed by atoms with van der Waals surface area (Å²) in [6, 6.07) is 12.6. The van der Waals surface area contributed by atoms with E-state index in [1.54, 1.807) is 18.3 Å². The Morgan fingerprint density at radius 3 is 2.56 bits per heavy atom. The van der Waals surface area contributed by atoms with Crippen LogP contribution in [-0.2, 0) is 6.42 Å². The van der Waals surface area contributed by atoms with Crippen molar-refractivity contribution in [1.29, 1.82) is 0 Å². The molecule has 82 valence electrons. The van der Waals surface area contributed by atoms with Gasteiger partial charge in [0.1, 0.15) is 5.75 Å². The van der Waals surface area contributed by atoms with Gasteiger partial charge in [-0.25, -0.2) is 0 Å². The van der Waals surface area contributed by atoms with Gasteiger partial charge in [-0.15, -0.1) is 0 Å². The third-order valence-electron chi connectivity index (χ3n) is 2.49. The van der Waals surface area contributed by atoms with Gasteiger partial charge in [0.05, 0.1) is 0 Å². The molecular weight excluding hydrogens is 200 g/mol. The van der Waals surface area contributed by atoms with E-state index < -0.39 is 0 Å². The molecule has 16 heavy (non-hydrogen) atoms. The molecule has 0 radical (unpaired) electrons. The molecule has 0 saturated heterocycles. The van der Waals surface area contributed by atoms with E-state index in [2.05, 4.69) is 4.98 Å². The maximum Gasteiger partial charge on any atom is 0.120 e. The van der Waals surface area contributed by atoms with Crippen molar-refractivity contribution in [3.8, 4) is 5.75 Å². The number of aromatic hydroxyl groups is 1. The number of hydrogen-bond donors (Lipinski definition) is 2. The van der Waals surface area contributed by atoms with Gasteiger partial charge in [-0.05, 0) is 18.2 Å². The fourth-order valence-electron chi connectivity index (χ4n) is 1.66. The molecule has 0 amide bonds. The zero-order valence-corrected chi connectivity index (χ0v) is 8.88. The van der Waals surface area contributed by atoms with Gasteiger partial charge in [0.15, 0.2) is 0 Å². The summed E-state index contributed by atoms with van der Waals surface area (Å²) in [5.74, 6) is 0.242. The lowest BCUT2D eigenvalue weighted by molar-refractivity contribution is 0.461. The van der Waals surface area contributed by atoms with E-state index >= 15 is 0 Å². The topological polar surface area (TPSA) is 59.1 Å². The summed E-state index contributed by atoms with van der Waals surface area (Å²) in [4.78, 5) is 4.21. The van der Waals surface area contributed by atoms with Crippen LogP contribution in [0.15, 0.2) is 48.7 Å². The molecule has 3 heteroatoms. The number of rotatable bonds is 3. The summed E-state index contributed by atoms with van der Waals surface area (Å²) in [6.07, 6.45) is 2.37. The molecule has 1 aromatic heterocycles.